The van der Waals surface area contributed by atoms with Gasteiger partial charge in [-0.25, -0.2) is 13.6 Å². The van der Waals surface area contributed by atoms with E-state index in [1.54, 1.807) is 0 Å². The van der Waals surface area contributed by atoms with Crippen LogP contribution < -0.4 is 10.1 Å². The van der Waals surface area contributed by atoms with Crippen molar-refractivity contribution in [2.45, 2.75) is 19.5 Å². The predicted molar refractivity (Wildman–Crippen MR) is 81.4 cm³/mol. The number of anilines is 1. The second-order valence-electron chi connectivity index (χ2n) is 5.46. The quantitative estimate of drug-likeness (QED) is 0.705. The van der Waals surface area contributed by atoms with Crippen LogP contribution >= 0.6 is 0 Å². The number of alkyl halides is 5. The molecule has 0 saturated carbocycles. The van der Waals surface area contributed by atoms with Gasteiger partial charge in [0.05, 0.1) is 11.5 Å². The monoisotopic (exact) mass is 384 g/mol. The third-order valence-electron chi connectivity index (χ3n) is 3.22. The first-order valence-corrected chi connectivity index (χ1v) is 7.29. The van der Waals surface area contributed by atoms with Gasteiger partial charge in [0.25, 0.3) is 6.43 Å². The number of nitrogens with one attached hydrogen (secondary N) is 1. The molecule has 0 aliphatic rings. The van der Waals surface area contributed by atoms with Crippen LogP contribution in [0.5, 0.6) is 5.75 Å². The molecule has 0 bridgehead atoms. The summed E-state index contributed by atoms with van der Waals surface area (Å²) in [5, 5.41) is 11.0. The highest BCUT2D eigenvalue weighted by Crippen LogP contribution is 2.38. The fourth-order valence-electron chi connectivity index (χ4n) is 1.90. The second kappa shape index (κ2) is 8.68. The number of hydrogen-bond acceptors (Lipinski definition) is 3. The van der Waals surface area contributed by atoms with Gasteiger partial charge in [-0.2, -0.15) is 13.2 Å². The van der Waals surface area contributed by atoms with Crippen LogP contribution in [0.3, 0.4) is 0 Å². The van der Waals surface area contributed by atoms with Gasteiger partial charge < -0.3 is 20.1 Å². The van der Waals surface area contributed by atoms with Crippen molar-refractivity contribution in [1.82, 2.24) is 4.90 Å². The van der Waals surface area contributed by atoms with Crippen molar-refractivity contribution in [2.75, 3.05) is 25.5 Å². The highest BCUT2D eigenvalue weighted by molar-refractivity contribution is 5.89. The number of hydrogen-bond donors (Lipinski definition) is 2. The van der Waals surface area contributed by atoms with Crippen molar-refractivity contribution in [3.63, 3.8) is 0 Å². The van der Waals surface area contributed by atoms with E-state index in [1.807, 2.05) is 0 Å². The number of carbonyl (C=O) groups excluding carboxylic acids is 1. The number of carboxylic acid groups (broad SMARTS) is 1. The number of amides is 2. The van der Waals surface area contributed by atoms with E-state index in [2.05, 4.69) is 10.1 Å². The van der Waals surface area contributed by atoms with Crippen LogP contribution in [0, 0.1) is 5.92 Å². The first kappa shape index (κ1) is 21.5. The van der Waals surface area contributed by atoms with E-state index in [-0.39, 0.29) is 12.2 Å². The van der Waals surface area contributed by atoms with E-state index >= 15 is 0 Å². The topological polar surface area (TPSA) is 78.9 Å². The van der Waals surface area contributed by atoms with E-state index in [1.165, 1.54) is 14.0 Å². The minimum atomic E-state index is -4.89. The molecule has 146 valence electrons. The summed E-state index contributed by atoms with van der Waals surface area (Å²) in [4.78, 5) is 23.7. The highest BCUT2D eigenvalue weighted by Gasteiger charge is 2.35. The Labute approximate surface area is 145 Å². The summed E-state index contributed by atoms with van der Waals surface area (Å²) >= 11 is 0. The van der Waals surface area contributed by atoms with E-state index < -0.39 is 48.4 Å². The van der Waals surface area contributed by atoms with Gasteiger partial charge in [0, 0.05) is 19.3 Å². The second-order valence-corrected chi connectivity index (χ2v) is 5.46. The Morgan fingerprint density at radius 1 is 1.31 bits per heavy atom. The van der Waals surface area contributed by atoms with Gasteiger partial charge >= 0.3 is 18.2 Å². The maximum absolute atomic E-state index is 13.1. The lowest BCUT2D eigenvalue weighted by Gasteiger charge is -2.21. The Morgan fingerprint density at radius 3 is 2.42 bits per heavy atom. The first-order chi connectivity index (χ1) is 11.9. The molecule has 26 heavy (non-hydrogen) atoms. The first-order valence-electron chi connectivity index (χ1n) is 7.29. The summed E-state index contributed by atoms with van der Waals surface area (Å²) in [6, 6.07) is 1.60. The average molecular weight is 384 g/mol. The molecule has 0 radical (unpaired) electrons. The zero-order chi connectivity index (χ0) is 20.1. The van der Waals surface area contributed by atoms with Crippen LogP contribution in [0.4, 0.5) is 32.4 Å². The fraction of sp³-hybridized carbons (Fsp3) is 0.467. The van der Waals surface area contributed by atoms with Gasteiger partial charge in [0.2, 0.25) is 0 Å². The molecule has 0 aliphatic heterocycles. The molecular weight excluding hydrogens is 367 g/mol. The average Bonchev–Trinajstić information content (AvgIpc) is 2.52. The number of carboxylic acids is 1. The number of aliphatic carboxylic acids is 1. The number of benzene rings is 1. The Morgan fingerprint density at radius 2 is 1.92 bits per heavy atom. The lowest BCUT2D eigenvalue weighted by molar-refractivity contribution is -0.141. The summed E-state index contributed by atoms with van der Waals surface area (Å²) in [6.07, 6.45) is -7.83. The minimum Gasteiger partial charge on any atom is -0.487 e. The van der Waals surface area contributed by atoms with Crippen molar-refractivity contribution < 1.29 is 41.4 Å². The number of ether oxygens (including phenoxy) is 1. The molecule has 1 atom stereocenters. The summed E-state index contributed by atoms with van der Waals surface area (Å²) < 4.78 is 67.9. The highest BCUT2D eigenvalue weighted by atomic mass is 19.4. The molecule has 1 aromatic carbocycles. The van der Waals surface area contributed by atoms with Gasteiger partial charge in [-0.3, -0.25) is 4.79 Å². The Balaban J connectivity index is 2.93. The molecule has 2 N–H and O–H groups in total. The van der Waals surface area contributed by atoms with Crippen LogP contribution in [0.25, 0.3) is 0 Å². The molecule has 0 fully saturated rings. The zero-order valence-electron chi connectivity index (χ0n) is 13.8. The maximum Gasteiger partial charge on any atom is 0.420 e. The van der Waals surface area contributed by atoms with Crippen LogP contribution in [0.1, 0.15) is 12.5 Å². The molecule has 0 heterocycles. The standard InChI is InChI=1S/C15H17F5N2O4/c1-8(13(23)24)6-22(2)14(25)21-9-3-4-11(26-7-12(16)17)10(5-9)15(18,19)20/h3-5,8,12H,6-7H2,1-2H3,(H,21,25)(H,23,24). The molecule has 1 rings (SSSR count). The van der Waals surface area contributed by atoms with Crippen molar-refractivity contribution >= 4 is 17.7 Å². The lowest BCUT2D eigenvalue weighted by Crippen LogP contribution is -2.36. The number of carbonyl (C=O) groups is 2. The Kier molecular flexibility index (Phi) is 7.16. The molecule has 1 unspecified atom stereocenters. The molecule has 6 nitrogen and oxygen atoms in total. The maximum atomic E-state index is 13.1. The van der Waals surface area contributed by atoms with Crippen molar-refractivity contribution in [3.05, 3.63) is 23.8 Å². The van der Waals surface area contributed by atoms with Crippen molar-refractivity contribution in [2.24, 2.45) is 5.92 Å². The Hall–Kier alpha value is -2.59. The minimum absolute atomic E-state index is 0.164. The summed E-state index contributed by atoms with van der Waals surface area (Å²) in [5.74, 6) is -2.80. The zero-order valence-corrected chi connectivity index (χ0v) is 13.8. The number of halogens is 5. The molecule has 11 heteroatoms. The fourth-order valence-corrected chi connectivity index (χ4v) is 1.90. The van der Waals surface area contributed by atoms with E-state index in [0.29, 0.717) is 6.07 Å². The van der Waals surface area contributed by atoms with Gasteiger partial charge in [0.1, 0.15) is 12.4 Å². The molecular formula is C15H17F5N2O4. The molecule has 0 aliphatic carbocycles. The lowest BCUT2D eigenvalue weighted by atomic mass is 10.1. The molecule has 0 saturated heterocycles. The number of urea groups is 1. The number of nitrogens with zero attached hydrogens (tertiary/aromatic N) is 1. The van der Waals surface area contributed by atoms with Gasteiger partial charge in [0.15, 0.2) is 0 Å². The third-order valence-corrected chi connectivity index (χ3v) is 3.22. The van der Waals surface area contributed by atoms with Crippen LogP contribution in [-0.2, 0) is 11.0 Å². The molecule has 2 amide bonds. The summed E-state index contributed by atoms with van der Waals surface area (Å²) in [6.45, 7) is -0.00348. The van der Waals surface area contributed by atoms with Crippen LogP contribution in [-0.4, -0.2) is 48.6 Å². The van der Waals surface area contributed by atoms with Gasteiger partial charge in [-0.1, -0.05) is 6.92 Å². The van der Waals surface area contributed by atoms with E-state index in [4.69, 9.17) is 5.11 Å². The Bertz CT molecular complexity index is 651. The largest absolute Gasteiger partial charge is 0.487 e. The smallest absolute Gasteiger partial charge is 0.420 e. The number of rotatable bonds is 7. The van der Waals surface area contributed by atoms with Crippen LogP contribution in [0.15, 0.2) is 18.2 Å². The predicted octanol–water partition coefficient (Wildman–Crippen LogP) is 3.53. The molecule has 1 aromatic rings. The van der Waals surface area contributed by atoms with E-state index in [0.717, 1.165) is 17.0 Å². The summed E-state index contributed by atoms with van der Waals surface area (Å²) in [5.41, 5.74) is -1.57. The van der Waals surface area contributed by atoms with Gasteiger partial charge in [-0.15, -0.1) is 0 Å². The van der Waals surface area contributed by atoms with Crippen LogP contribution in [0.2, 0.25) is 0 Å². The normalized spacial score (nSPS) is 12.6. The van der Waals surface area contributed by atoms with Crippen molar-refractivity contribution in [1.29, 1.82) is 0 Å². The SMILES string of the molecule is CC(CN(C)C(=O)Nc1ccc(OCC(F)F)c(C(F)(F)F)c1)C(=O)O. The summed E-state index contributed by atoms with van der Waals surface area (Å²) in [7, 11) is 1.28. The van der Waals surface area contributed by atoms with Gasteiger partial charge in [-0.05, 0) is 18.2 Å². The van der Waals surface area contributed by atoms with E-state index in [9.17, 15) is 31.5 Å². The third kappa shape index (κ3) is 6.37. The van der Waals surface area contributed by atoms with Crippen molar-refractivity contribution in [3.8, 4) is 5.75 Å². The molecule has 0 spiro atoms. The molecule has 0 aromatic heterocycles.